The topological polar surface area (TPSA) is 92.1 Å². The van der Waals surface area contributed by atoms with Crippen molar-refractivity contribution < 1.29 is 19.4 Å². The lowest BCUT2D eigenvalue weighted by molar-refractivity contribution is 0.0142. The highest BCUT2D eigenvalue weighted by molar-refractivity contribution is 5.88. The maximum absolute atomic E-state index is 12.9. The molecular weight excluding hydrogens is 398 g/mol. The molecule has 1 amide bonds. The molecule has 0 bridgehead atoms. The third kappa shape index (κ3) is 5.95. The second-order valence-corrected chi connectivity index (χ2v) is 8.61. The van der Waals surface area contributed by atoms with Crippen LogP contribution in [-0.4, -0.2) is 69.9 Å². The number of aromatic nitrogens is 1. The highest BCUT2D eigenvalue weighted by Crippen LogP contribution is 2.16. The largest absolute Gasteiger partial charge is 0.478 e. The van der Waals surface area contributed by atoms with Crippen LogP contribution in [0.25, 0.3) is 11.1 Å². The molecule has 1 aromatic carbocycles. The third-order valence-corrected chi connectivity index (χ3v) is 5.14. The summed E-state index contributed by atoms with van der Waals surface area (Å²) in [5.41, 5.74) is 0.793. The number of rotatable bonds is 5. The van der Waals surface area contributed by atoms with Crippen LogP contribution >= 0.6 is 0 Å². The Morgan fingerprint density at radius 1 is 1.00 bits per heavy atom. The van der Waals surface area contributed by atoms with E-state index in [9.17, 15) is 14.4 Å². The molecule has 0 aliphatic carbocycles. The Balaban J connectivity index is 1.58. The van der Waals surface area contributed by atoms with Crippen molar-refractivity contribution in [3.05, 3.63) is 58.5 Å². The van der Waals surface area contributed by atoms with Crippen LogP contribution in [0.4, 0.5) is 4.79 Å². The second-order valence-electron chi connectivity index (χ2n) is 8.61. The van der Waals surface area contributed by atoms with E-state index in [-0.39, 0.29) is 17.2 Å². The predicted octanol–water partition coefficient (Wildman–Crippen LogP) is 2.77. The average molecular weight is 428 g/mol. The lowest BCUT2D eigenvalue weighted by Gasteiger charge is -2.35. The molecule has 2 heterocycles. The summed E-state index contributed by atoms with van der Waals surface area (Å²) in [6.07, 6.45) is 1.47. The highest BCUT2D eigenvalue weighted by atomic mass is 16.6. The van der Waals surface area contributed by atoms with Crippen LogP contribution in [0.3, 0.4) is 0 Å². The Labute approximate surface area is 181 Å². The molecule has 0 unspecified atom stereocenters. The number of carboxylic acid groups (broad SMARTS) is 1. The fraction of sp³-hybridized carbons (Fsp3) is 0.435. The van der Waals surface area contributed by atoms with E-state index >= 15 is 0 Å². The fourth-order valence-electron chi connectivity index (χ4n) is 3.45. The Morgan fingerprint density at radius 3 is 2.23 bits per heavy atom. The molecule has 1 saturated heterocycles. The summed E-state index contributed by atoms with van der Waals surface area (Å²) in [4.78, 5) is 40.0. The van der Waals surface area contributed by atoms with Crippen molar-refractivity contribution in [2.75, 3.05) is 32.7 Å². The van der Waals surface area contributed by atoms with Gasteiger partial charge in [-0.2, -0.15) is 0 Å². The molecular formula is C23H29N3O5. The van der Waals surface area contributed by atoms with E-state index < -0.39 is 11.6 Å². The molecule has 1 fully saturated rings. The van der Waals surface area contributed by atoms with Crippen molar-refractivity contribution in [1.82, 2.24) is 14.4 Å². The molecule has 8 heteroatoms. The molecule has 0 atom stereocenters. The van der Waals surface area contributed by atoms with E-state index in [0.29, 0.717) is 37.3 Å². The SMILES string of the molecule is CC(C)(C)OC(=O)N1CCN(CCn2cccc(-c3ccc(C(=O)O)cc3)c2=O)CC1. The maximum Gasteiger partial charge on any atom is 0.410 e. The summed E-state index contributed by atoms with van der Waals surface area (Å²) in [5.74, 6) is -0.996. The van der Waals surface area contributed by atoms with E-state index in [1.54, 1.807) is 33.9 Å². The van der Waals surface area contributed by atoms with E-state index in [0.717, 1.165) is 13.1 Å². The molecule has 31 heavy (non-hydrogen) atoms. The summed E-state index contributed by atoms with van der Waals surface area (Å²) in [6.45, 7) is 9.44. The zero-order valence-corrected chi connectivity index (χ0v) is 18.2. The monoisotopic (exact) mass is 427 g/mol. The fourth-order valence-corrected chi connectivity index (χ4v) is 3.45. The number of carboxylic acids is 1. The summed E-state index contributed by atoms with van der Waals surface area (Å²) < 4.78 is 7.09. The van der Waals surface area contributed by atoms with Crippen molar-refractivity contribution >= 4 is 12.1 Å². The van der Waals surface area contributed by atoms with Gasteiger partial charge in [-0.15, -0.1) is 0 Å². The van der Waals surface area contributed by atoms with Crippen LogP contribution in [0.15, 0.2) is 47.4 Å². The first-order valence-electron chi connectivity index (χ1n) is 10.4. The Morgan fingerprint density at radius 2 is 1.65 bits per heavy atom. The highest BCUT2D eigenvalue weighted by Gasteiger charge is 2.25. The summed E-state index contributed by atoms with van der Waals surface area (Å²) in [7, 11) is 0. The average Bonchev–Trinajstić information content (AvgIpc) is 2.72. The van der Waals surface area contributed by atoms with Gasteiger partial charge in [0, 0.05) is 51.0 Å². The van der Waals surface area contributed by atoms with Crippen LogP contribution in [0.1, 0.15) is 31.1 Å². The van der Waals surface area contributed by atoms with E-state index in [4.69, 9.17) is 9.84 Å². The Bertz CT molecular complexity index is 984. The van der Waals surface area contributed by atoms with Crippen molar-refractivity contribution in [3.63, 3.8) is 0 Å². The number of carbonyl (C=O) groups excluding carboxylic acids is 1. The molecule has 1 aromatic heterocycles. The van der Waals surface area contributed by atoms with Crippen molar-refractivity contribution in [2.24, 2.45) is 0 Å². The Kier molecular flexibility index (Phi) is 6.80. The van der Waals surface area contributed by atoms with Crippen LogP contribution in [0.5, 0.6) is 0 Å². The lowest BCUT2D eigenvalue weighted by Crippen LogP contribution is -2.50. The molecule has 0 saturated carbocycles. The van der Waals surface area contributed by atoms with E-state index in [2.05, 4.69) is 4.90 Å². The molecule has 1 aliphatic heterocycles. The number of ether oxygens (including phenoxy) is 1. The van der Waals surface area contributed by atoms with Gasteiger partial charge < -0.3 is 19.3 Å². The molecule has 2 aromatic rings. The standard InChI is InChI=1S/C23H29N3O5/c1-23(2,3)31-22(30)26-15-12-24(13-16-26)11-14-25-10-4-5-19(20(25)27)17-6-8-18(9-7-17)21(28)29/h4-10H,11-16H2,1-3H3,(H,28,29). The number of hydrogen-bond donors (Lipinski definition) is 1. The zero-order chi connectivity index (χ0) is 22.6. The molecule has 8 nitrogen and oxygen atoms in total. The summed E-state index contributed by atoms with van der Waals surface area (Å²) in [6, 6.07) is 9.87. The van der Waals surface area contributed by atoms with Gasteiger partial charge in [0.15, 0.2) is 0 Å². The maximum atomic E-state index is 12.9. The second kappa shape index (κ2) is 9.34. The predicted molar refractivity (Wildman–Crippen MR) is 117 cm³/mol. The molecule has 166 valence electrons. The summed E-state index contributed by atoms with van der Waals surface area (Å²) >= 11 is 0. The quantitative estimate of drug-likeness (QED) is 0.789. The van der Waals surface area contributed by atoms with Crippen molar-refractivity contribution in [3.8, 4) is 11.1 Å². The van der Waals surface area contributed by atoms with Crippen molar-refractivity contribution in [2.45, 2.75) is 32.9 Å². The number of amides is 1. The minimum Gasteiger partial charge on any atom is -0.478 e. The number of aromatic carboxylic acids is 1. The lowest BCUT2D eigenvalue weighted by atomic mass is 10.1. The number of benzene rings is 1. The Hall–Kier alpha value is -3.13. The first-order valence-corrected chi connectivity index (χ1v) is 10.4. The van der Waals surface area contributed by atoms with Gasteiger partial charge >= 0.3 is 12.1 Å². The van der Waals surface area contributed by atoms with E-state index in [1.165, 1.54) is 12.1 Å². The first kappa shape index (κ1) is 22.6. The molecule has 3 rings (SSSR count). The van der Waals surface area contributed by atoms with Crippen LogP contribution in [0.2, 0.25) is 0 Å². The number of carbonyl (C=O) groups is 2. The van der Waals surface area contributed by atoms with Gasteiger partial charge in [0.2, 0.25) is 0 Å². The minimum atomic E-state index is -0.996. The van der Waals surface area contributed by atoms with Crippen molar-refractivity contribution in [1.29, 1.82) is 0 Å². The van der Waals surface area contributed by atoms with Gasteiger partial charge in [-0.1, -0.05) is 12.1 Å². The number of nitrogens with zero attached hydrogens (tertiary/aromatic N) is 3. The van der Waals surface area contributed by atoms with Gasteiger partial charge in [0.25, 0.3) is 5.56 Å². The van der Waals surface area contributed by atoms with Gasteiger partial charge in [0.05, 0.1) is 5.56 Å². The van der Waals surface area contributed by atoms with Crippen LogP contribution in [-0.2, 0) is 11.3 Å². The van der Waals surface area contributed by atoms with Gasteiger partial charge in [-0.05, 0) is 50.6 Å². The van der Waals surface area contributed by atoms with Gasteiger partial charge in [0.1, 0.15) is 5.60 Å². The number of pyridine rings is 1. The zero-order valence-electron chi connectivity index (χ0n) is 18.2. The van der Waals surface area contributed by atoms with Crippen LogP contribution in [0, 0.1) is 0 Å². The van der Waals surface area contributed by atoms with Gasteiger partial charge in [-0.25, -0.2) is 9.59 Å². The van der Waals surface area contributed by atoms with Crippen LogP contribution < -0.4 is 5.56 Å². The molecule has 1 N–H and O–H groups in total. The molecule has 0 radical (unpaired) electrons. The third-order valence-electron chi connectivity index (χ3n) is 5.14. The number of piperazine rings is 1. The molecule has 0 spiro atoms. The first-order chi connectivity index (χ1) is 14.6. The van der Waals surface area contributed by atoms with Gasteiger partial charge in [-0.3, -0.25) is 9.69 Å². The summed E-state index contributed by atoms with van der Waals surface area (Å²) in [5, 5.41) is 9.04. The molecule has 1 aliphatic rings. The minimum absolute atomic E-state index is 0.113. The number of hydrogen-bond acceptors (Lipinski definition) is 5. The van der Waals surface area contributed by atoms with E-state index in [1.807, 2.05) is 26.8 Å². The normalized spacial score (nSPS) is 15.0. The smallest absolute Gasteiger partial charge is 0.410 e.